The summed E-state index contributed by atoms with van der Waals surface area (Å²) in [7, 11) is 0. The number of amides is 1. The van der Waals surface area contributed by atoms with Crippen LogP contribution in [0.3, 0.4) is 0 Å². The van der Waals surface area contributed by atoms with E-state index in [0.717, 1.165) is 36.9 Å². The Balaban J connectivity index is 2.17. The van der Waals surface area contributed by atoms with Gasteiger partial charge in [-0.05, 0) is 43.2 Å². The van der Waals surface area contributed by atoms with Gasteiger partial charge in [-0.15, -0.1) is 0 Å². The molecule has 0 fully saturated rings. The third kappa shape index (κ3) is 6.43. The second-order valence-corrected chi connectivity index (χ2v) is 7.65. The molecule has 1 atom stereocenters. The number of rotatable bonds is 4. The molecule has 4 heteroatoms. The van der Waals surface area contributed by atoms with Crippen LogP contribution in [0, 0.1) is 5.92 Å². The van der Waals surface area contributed by atoms with Crippen molar-refractivity contribution in [3.8, 4) is 0 Å². The molecule has 1 aliphatic heterocycles. The Morgan fingerprint density at radius 3 is 2.24 bits per heavy atom. The molecule has 140 valence electrons. The van der Waals surface area contributed by atoms with E-state index in [1.54, 1.807) is 0 Å². The Morgan fingerprint density at radius 1 is 1.04 bits per heavy atom. The van der Waals surface area contributed by atoms with Crippen molar-refractivity contribution in [2.24, 2.45) is 5.92 Å². The van der Waals surface area contributed by atoms with Crippen LogP contribution in [0.15, 0.2) is 12.1 Å². The lowest BCUT2D eigenvalue weighted by Gasteiger charge is -2.20. The fourth-order valence-corrected chi connectivity index (χ4v) is 3.41. The van der Waals surface area contributed by atoms with E-state index in [4.69, 9.17) is 4.98 Å². The summed E-state index contributed by atoms with van der Waals surface area (Å²) in [5.41, 5.74) is 2.61. The normalized spacial score (nSPS) is 17.9. The number of aromatic nitrogens is 1. The van der Waals surface area contributed by atoms with Gasteiger partial charge in [0.15, 0.2) is 0 Å². The summed E-state index contributed by atoms with van der Waals surface area (Å²) in [6.07, 6.45) is 11.8. The van der Waals surface area contributed by atoms with Crippen molar-refractivity contribution in [1.29, 1.82) is 0 Å². The van der Waals surface area contributed by atoms with Crippen LogP contribution in [0.25, 0.3) is 0 Å². The second-order valence-electron chi connectivity index (χ2n) is 7.65. The summed E-state index contributed by atoms with van der Waals surface area (Å²) >= 11 is 0. The summed E-state index contributed by atoms with van der Waals surface area (Å²) in [5, 5.41) is 12.5. The van der Waals surface area contributed by atoms with Gasteiger partial charge in [-0.1, -0.05) is 58.4 Å². The molecular formula is C21H34N2O2. The van der Waals surface area contributed by atoms with Crippen LogP contribution in [0.1, 0.15) is 87.0 Å². The fourth-order valence-electron chi connectivity index (χ4n) is 3.41. The van der Waals surface area contributed by atoms with Gasteiger partial charge in [0.2, 0.25) is 0 Å². The highest BCUT2D eigenvalue weighted by Crippen LogP contribution is 2.18. The zero-order chi connectivity index (χ0) is 18.1. The first-order valence-electron chi connectivity index (χ1n) is 10.0. The molecule has 0 radical (unpaired) electrons. The molecule has 2 N–H and O–H groups in total. The lowest BCUT2D eigenvalue weighted by Crippen LogP contribution is -2.41. The number of aryl methyl sites for hydroxylation is 2. The van der Waals surface area contributed by atoms with E-state index in [2.05, 4.69) is 17.4 Å². The van der Waals surface area contributed by atoms with Crippen molar-refractivity contribution in [3.05, 3.63) is 29.1 Å². The molecule has 2 bridgehead atoms. The lowest BCUT2D eigenvalue weighted by atomic mass is 9.99. The molecule has 0 aromatic carbocycles. The van der Waals surface area contributed by atoms with Crippen LogP contribution in [-0.2, 0) is 12.8 Å². The van der Waals surface area contributed by atoms with Crippen LogP contribution in [0.5, 0.6) is 0 Å². The number of hydrogen-bond acceptors (Lipinski definition) is 3. The second kappa shape index (κ2) is 10.5. The molecule has 1 aliphatic carbocycles. The van der Waals surface area contributed by atoms with E-state index in [-0.39, 0.29) is 24.5 Å². The Hall–Kier alpha value is -1.42. The fraction of sp³-hybridized carbons (Fsp3) is 0.714. The van der Waals surface area contributed by atoms with Gasteiger partial charge in [0, 0.05) is 5.69 Å². The SMILES string of the molecule is CC(C)[C@@H](CO)NC(=O)c1nc2ccc1CCCCCCCCCC2. The number of carbonyl (C=O) groups is 1. The van der Waals surface area contributed by atoms with Gasteiger partial charge < -0.3 is 10.4 Å². The van der Waals surface area contributed by atoms with Gasteiger partial charge in [0.25, 0.3) is 5.91 Å². The molecule has 2 aliphatic rings. The third-order valence-corrected chi connectivity index (χ3v) is 5.20. The average Bonchev–Trinajstić information content (AvgIpc) is 2.61. The number of nitrogens with zero attached hydrogens (tertiary/aromatic N) is 1. The molecule has 0 spiro atoms. The molecular weight excluding hydrogens is 312 g/mol. The van der Waals surface area contributed by atoms with Gasteiger partial charge in [0.1, 0.15) is 5.69 Å². The molecule has 4 nitrogen and oxygen atoms in total. The zero-order valence-corrected chi connectivity index (χ0v) is 15.9. The first-order chi connectivity index (χ1) is 12.1. The number of aliphatic hydroxyl groups excluding tert-OH is 1. The standard InChI is InChI=1S/C21H34N2O2/c1-16(2)19(15-24)23-21(25)20-17-11-9-7-5-3-4-6-8-10-12-18(22-20)14-13-17/h13-14,16,19,24H,3-12,15H2,1-2H3,(H,23,25)/t19-/m1/s1. The highest BCUT2D eigenvalue weighted by Gasteiger charge is 2.20. The molecule has 25 heavy (non-hydrogen) atoms. The van der Waals surface area contributed by atoms with Gasteiger partial charge >= 0.3 is 0 Å². The van der Waals surface area contributed by atoms with E-state index in [1.807, 2.05) is 13.8 Å². The third-order valence-electron chi connectivity index (χ3n) is 5.20. The van der Waals surface area contributed by atoms with Crippen molar-refractivity contribution in [2.75, 3.05) is 6.61 Å². The van der Waals surface area contributed by atoms with Gasteiger partial charge in [-0.2, -0.15) is 0 Å². The molecule has 3 rings (SSSR count). The average molecular weight is 347 g/mol. The summed E-state index contributed by atoms with van der Waals surface area (Å²) in [5.74, 6) is 0.0511. The number of aliphatic hydroxyl groups is 1. The number of carbonyl (C=O) groups excluding carboxylic acids is 1. The molecule has 0 unspecified atom stereocenters. The minimum atomic E-state index is -0.226. The van der Waals surface area contributed by atoms with Gasteiger partial charge in [-0.25, -0.2) is 4.98 Å². The first kappa shape index (κ1) is 19.9. The van der Waals surface area contributed by atoms with Crippen molar-refractivity contribution in [1.82, 2.24) is 10.3 Å². The maximum absolute atomic E-state index is 12.8. The monoisotopic (exact) mass is 346 g/mol. The maximum Gasteiger partial charge on any atom is 0.270 e. The summed E-state index contributed by atoms with van der Waals surface area (Å²) in [6.45, 7) is 3.97. The number of fused-ring (bicyclic) bond motifs is 11. The van der Waals surface area contributed by atoms with Crippen molar-refractivity contribution in [3.63, 3.8) is 0 Å². The predicted molar refractivity (Wildman–Crippen MR) is 102 cm³/mol. The Bertz CT molecular complexity index is 543. The van der Waals surface area contributed by atoms with E-state index in [1.165, 1.54) is 38.5 Å². The molecule has 2 heterocycles. The Morgan fingerprint density at radius 2 is 1.64 bits per heavy atom. The van der Waals surface area contributed by atoms with E-state index in [0.29, 0.717) is 5.69 Å². The molecule has 0 saturated heterocycles. The van der Waals surface area contributed by atoms with Crippen LogP contribution in [0.4, 0.5) is 0 Å². The predicted octanol–water partition coefficient (Wildman–Crippen LogP) is 4.05. The van der Waals surface area contributed by atoms with Gasteiger partial charge in [-0.3, -0.25) is 4.79 Å². The summed E-state index contributed by atoms with van der Waals surface area (Å²) in [4.78, 5) is 17.5. The number of hydrogen-bond donors (Lipinski definition) is 2. The summed E-state index contributed by atoms with van der Waals surface area (Å²) < 4.78 is 0. The topological polar surface area (TPSA) is 62.2 Å². The minimum absolute atomic E-state index is 0.0432. The van der Waals surface area contributed by atoms with Crippen molar-refractivity contribution < 1.29 is 9.90 Å². The quantitative estimate of drug-likeness (QED) is 0.864. The van der Waals surface area contributed by atoms with Crippen LogP contribution in [-0.4, -0.2) is 28.6 Å². The highest BCUT2D eigenvalue weighted by atomic mass is 16.3. The van der Waals surface area contributed by atoms with E-state index in [9.17, 15) is 9.90 Å². The van der Waals surface area contributed by atoms with Crippen LogP contribution < -0.4 is 5.32 Å². The van der Waals surface area contributed by atoms with E-state index >= 15 is 0 Å². The number of nitrogens with one attached hydrogen (secondary N) is 1. The minimum Gasteiger partial charge on any atom is -0.394 e. The van der Waals surface area contributed by atoms with Crippen LogP contribution in [0.2, 0.25) is 0 Å². The van der Waals surface area contributed by atoms with Crippen molar-refractivity contribution in [2.45, 2.75) is 84.1 Å². The Labute approximate surface area is 152 Å². The Kier molecular flexibility index (Phi) is 8.39. The molecule has 0 saturated carbocycles. The van der Waals surface area contributed by atoms with E-state index < -0.39 is 0 Å². The van der Waals surface area contributed by atoms with Crippen LogP contribution >= 0.6 is 0 Å². The lowest BCUT2D eigenvalue weighted by molar-refractivity contribution is 0.0890. The van der Waals surface area contributed by atoms with Gasteiger partial charge in [0.05, 0.1) is 12.6 Å². The smallest absolute Gasteiger partial charge is 0.270 e. The molecule has 1 aromatic rings. The largest absolute Gasteiger partial charge is 0.394 e. The van der Waals surface area contributed by atoms with Crippen molar-refractivity contribution >= 4 is 5.91 Å². The number of pyridine rings is 1. The molecule has 1 amide bonds. The molecule has 1 aromatic heterocycles. The maximum atomic E-state index is 12.8. The highest BCUT2D eigenvalue weighted by molar-refractivity contribution is 5.94. The first-order valence-corrected chi connectivity index (χ1v) is 10.0. The zero-order valence-electron chi connectivity index (χ0n) is 15.9. The summed E-state index contributed by atoms with van der Waals surface area (Å²) in [6, 6.07) is 3.95.